The maximum atomic E-state index is 13.1. The number of piperidine rings is 1. The summed E-state index contributed by atoms with van der Waals surface area (Å²) in [7, 11) is 0. The molecule has 1 N–H and O–H groups in total. The van der Waals surface area contributed by atoms with Crippen molar-refractivity contribution in [1.29, 1.82) is 0 Å². The lowest BCUT2D eigenvalue weighted by Crippen LogP contribution is -2.57. The number of hydrogen-bond acceptors (Lipinski definition) is 4. The van der Waals surface area contributed by atoms with Gasteiger partial charge in [-0.3, -0.25) is 9.69 Å². The number of hydrogen-bond donors (Lipinski definition) is 1. The van der Waals surface area contributed by atoms with Crippen LogP contribution >= 0.6 is 0 Å². The average Bonchev–Trinajstić information content (AvgIpc) is 2.74. The third-order valence-electron chi connectivity index (χ3n) is 6.02. The molecule has 0 aliphatic carbocycles. The van der Waals surface area contributed by atoms with Gasteiger partial charge in [0.1, 0.15) is 6.04 Å². The van der Waals surface area contributed by atoms with E-state index in [9.17, 15) is 9.59 Å². The summed E-state index contributed by atoms with van der Waals surface area (Å²) in [6, 6.07) is 7.60. The molecule has 5 heteroatoms. The van der Waals surface area contributed by atoms with Crippen molar-refractivity contribution in [3.63, 3.8) is 0 Å². The molecule has 30 heavy (non-hydrogen) atoms. The summed E-state index contributed by atoms with van der Waals surface area (Å²) in [5.74, 6) is -0.181. The van der Waals surface area contributed by atoms with Crippen molar-refractivity contribution in [3.05, 3.63) is 35.4 Å². The molecule has 1 aliphatic heterocycles. The number of carbonyl (C=O) groups excluding carboxylic acids is 2. The molecule has 1 aromatic carbocycles. The predicted octanol–water partition coefficient (Wildman–Crippen LogP) is 4.30. The van der Waals surface area contributed by atoms with Gasteiger partial charge < -0.3 is 10.1 Å². The van der Waals surface area contributed by atoms with E-state index in [1.165, 1.54) is 12.0 Å². The van der Waals surface area contributed by atoms with E-state index in [0.717, 1.165) is 44.3 Å². The number of nitrogens with one attached hydrogen (secondary N) is 1. The van der Waals surface area contributed by atoms with E-state index in [-0.39, 0.29) is 23.8 Å². The summed E-state index contributed by atoms with van der Waals surface area (Å²) in [5, 5.41) is 3.04. The molecule has 5 nitrogen and oxygen atoms in total. The topological polar surface area (TPSA) is 58.6 Å². The Labute approximate surface area is 182 Å². The van der Waals surface area contributed by atoms with Gasteiger partial charge >= 0.3 is 5.97 Å². The third-order valence-corrected chi connectivity index (χ3v) is 6.02. The summed E-state index contributed by atoms with van der Waals surface area (Å²) in [6.07, 6.45) is 5.33. The van der Waals surface area contributed by atoms with Crippen LogP contribution in [-0.2, 0) is 20.7 Å². The minimum atomic E-state index is -0.636. The second-order valence-electron chi connectivity index (χ2n) is 8.87. The average molecular weight is 417 g/mol. The van der Waals surface area contributed by atoms with Gasteiger partial charge in [-0.25, -0.2) is 4.79 Å². The van der Waals surface area contributed by atoms with Crippen molar-refractivity contribution in [2.24, 2.45) is 5.92 Å². The monoisotopic (exact) mass is 416 g/mol. The van der Waals surface area contributed by atoms with Crippen molar-refractivity contribution in [3.8, 4) is 0 Å². The zero-order chi connectivity index (χ0) is 22.1. The van der Waals surface area contributed by atoms with E-state index in [4.69, 9.17) is 4.74 Å². The van der Waals surface area contributed by atoms with E-state index in [0.29, 0.717) is 12.5 Å². The number of amides is 1. The fraction of sp³-hybridized carbons (Fsp3) is 0.680. The summed E-state index contributed by atoms with van der Waals surface area (Å²) >= 11 is 0. The summed E-state index contributed by atoms with van der Waals surface area (Å²) in [5.41, 5.74) is 2.25. The molecule has 0 spiro atoms. The molecule has 0 saturated carbocycles. The van der Waals surface area contributed by atoms with Crippen molar-refractivity contribution < 1.29 is 14.3 Å². The van der Waals surface area contributed by atoms with Crippen LogP contribution in [0.4, 0.5) is 0 Å². The van der Waals surface area contributed by atoms with Crippen molar-refractivity contribution in [1.82, 2.24) is 10.2 Å². The van der Waals surface area contributed by atoms with E-state index in [1.54, 1.807) is 6.92 Å². The first-order valence-corrected chi connectivity index (χ1v) is 11.7. The van der Waals surface area contributed by atoms with Crippen molar-refractivity contribution >= 4 is 11.9 Å². The number of ether oxygens (including phenoxy) is 1. The molecule has 2 rings (SSSR count). The molecule has 1 heterocycles. The Morgan fingerprint density at radius 1 is 1.03 bits per heavy atom. The van der Waals surface area contributed by atoms with Gasteiger partial charge in [-0.15, -0.1) is 0 Å². The summed E-state index contributed by atoms with van der Waals surface area (Å²) in [4.78, 5) is 28.2. The van der Waals surface area contributed by atoms with Gasteiger partial charge in [-0.1, -0.05) is 51.5 Å². The first kappa shape index (κ1) is 24.4. The normalized spacial score (nSPS) is 17.9. The van der Waals surface area contributed by atoms with Crippen LogP contribution in [0.1, 0.15) is 77.3 Å². The highest BCUT2D eigenvalue weighted by molar-refractivity contribution is 5.88. The van der Waals surface area contributed by atoms with Crippen LogP contribution < -0.4 is 5.32 Å². The highest BCUT2D eigenvalue weighted by Crippen LogP contribution is 2.21. The Morgan fingerprint density at radius 2 is 1.67 bits per heavy atom. The second-order valence-corrected chi connectivity index (χ2v) is 8.87. The molecular weight excluding hydrogens is 376 g/mol. The van der Waals surface area contributed by atoms with E-state index in [2.05, 4.69) is 43.1 Å². The number of carbonyl (C=O) groups is 2. The van der Waals surface area contributed by atoms with Gasteiger partial charge in [0.05, 0.1) is 12.5 Å². The predicted molar refractivity (Wildman–Crippen MR) is 121 cm³/mol. The van der Waals surface area contributed by atoms with Crippen LogP contribution in [0.2, 0.25) is 0 Å². The van der Waals surface area contributed by atoms with Gasteiger partial charge in [-0.2, -0.15) is 0 Å². The van der Waals surface area contributed by atoms with Crippen LogP contribution in [0.15, 0.2) is 24.3 Å². The van der Waals surface area contributed by atoms with Crippen molar-refractivity contribution in [2.75, 3.05) is 19.7 Å². The smallest absolute Gasteiger partial charge is 0.330 e. The molecule has 0 bridgehead atoms. The Bertz CT molecular complexity index is 665. The lowest BCUT2D eigenvalue weighted by atomic mass is 9.95. The largest absolute Gasteiger partial charge is 0.464 e. The number of rotatable bonds is 10. The number of likely N-dealkylation sites (tertiary alicyclic amines) is 1. The Hall–Kier alpha value is -1.88. The van der Waals surface area contributed by atoms with Crippen molar-refractivity contribution in [2.45, 2.75) is 84.7 Å². The molecule has 1 saturated heterocycles. The minimum absolute atomic E-state index is 0.0334. The van der Waals surface area contributed by atoms with Crippen LogP contribution in [0.3, 0.4) is 0 Å². The molecule has 2 unspecified atom stereocenters. The highest BCUT2D eigenvalue weighted by atomic mass is 16.5. The Morgan fingerprint density at radius 3 is 2.20 bits per heavy atom. The molecule has 3 atom stereocenters. The molecule has 0 aromatic heterocycles. The minimum Gasteiger partial charge on any atom is -0.464 e. The molecule has 1 fully saturated rings. The zero-order valence-corrected chi connectivity index (χ0v) is 19.4. The van der Waals surface area contributed by atoms with Gasteiger partial charge in [-0.05, 0) is 69.7 Å². The zero-order valence-electron chi connectivity index (χ0n) is 19.4. The molecule has 1 aromatic rings. The van der Waals surface area contributed by atoms with E-state index < -0.39 is 6.04 Å². The summed E-state index contributed by atoms with van der Waals surface area (Å²) < 4.78 is 5.34. The van der Waals surface area contributed by atoms with Crippen LogP contribution in [0, 0.1) is 5.92 Å². The fourth-order valence-electron chi connectivity index (χ4n) is 4.34. The first-order chi connectivity index (χ1) is 14.4. The quantitative estimate of drug-likeness (QED) is 0.578. The number of esters is 1. The van der Waals surface area contributed by atoms with Crippen LogP contribution in [0.5, 0.6) is 0 Å². The van der Waals surface area contributed by atoms with Crippen LogP contribution in [-0.4, -0.2) is 48.6 Å². The maximum absolute atomic E-state index is 13.1. The molecule has 1 amide bonds. The Balaban J connectivity index is 2.12. The number of nitrogens with zero attached hydrogens (tertiary/aromatic N) is 1. The van der Waals surface area contributed by atoms with E-state index >= 15 is 0 Å². The van der Waals surface area contributed by atoms with Crippen LogP contribution in [0.25, 0.3) is 0 Å². The molecule has 1 aliphatic rings. The van der Waals surface area contributed by atoms with Gasteiger partial charge in [0.15, 0.2) is 0 Å². The van der Waals surface area contributed by atoms with Gasteiger partial charge in [0, 0.05) is 6.04 Å². The Kier molecular flexibility index (Phi) is 9.83. The lowest BCUT2D eigenvalue weighted by Gasteiger charge is -2.38. The fourth-order valence-corrected chi connectivity index (χ4v) is 4.34. The van der Waals surface area contributed by atoms with Gasteiger partial charge in [0.2, 0.25) is 5.91 Å². The lowest BCUT2D eigenvalue weighted by molar-refractivity contribution is -0.150. The first-order valence-electron chi connectivity index (χ1n) is 11.7. The molecule has 168 valence electrons. The standard InChI is InChI=1S/C25H40N2O3/c1-6-22(27-15-9-8-10-16-27)23(25(29)30-7-2)26-24(28)19(5)21-13-11-20(12-14-21)17-18(3)4/h11-14,18-19,22-23H,6-10,15-17H2,1-5H3,(H,26,28)/t19-,22?,23?/m0/s1. The number of benzene rings is 1. The summed E-state index contributed by atoms with van der Waals surface area (Å²) in [6.45, 7) is 12.4. The highest BCUT2D eigenvalue weighted by Gasteiger charge is 2.35. The third kappa shape index (κ3) is 6.83. The molecule has 0 radical (unpaired) electrons. The van der Waals surface area contributed by atoms with E-state index in [1.807, 2.05) is 19.1 Å². The SMILES string of the molecule is CCOC(=O)C(NC(=O)[C@@H](C)c1ccc(CC(C)C)cc1)C(CC)N1CCCCC1. The maximum Gasteiger partial charge on any atom is 0.330 e. The molecular formula is C25H40N2O3. The second kappa shape index (κ2) is 12.1. The van der Waals surface area contributed by atoms with Gasteiger partial charge in [0.25, 0.3) is 0 Å².